The van der Waals surface area contributed by atoms with Gasteiger partial charge in [0.05, 0.1) is 17.7 Å². The van der Waals surface area contributed by atoms with Gasteiger partial charge in [-0.15, -0.1) is 16.4 Å². The van der Waals surface area contributed by atoms with Gasteiger partial charge in [0.2, 0.25) is 11.6 Å². The molecule has 7 nitrogen and oxygen atoms in total. The molecule has 0 atom stereocenters. The number of aromatic nitrogens is 4. The van der Waals surface area contributed by atoms with E-state index in [2.05, 4.69) is 5.10 Å². The van der Waals surface area contributed by atoms with Crippen molar-refractivity contribution < 1.29 is 9.53 Å². The van der Waals surface area contributed by atoms with Crippen LogP contribution in [0.15, 0.2) is 35.1 Å². The maximum Gasteiger partial charge on any atom is 0.376 e. The molecule has 5 rings (SSSR count). The summed E-state index contributed by atoms with van der Waals surface area (Å²) < 4.78 is 8.02. The molecule has 0 aliphatic heterocycles. The van der Waals surface area contributed by atoms with Crippen LogP contribution in [0.25, 0.3) is 21.7 Å². The Morgan fingerprint density at radius 2 is 1.97 bits per heavy atom. The lowest BCUT2D eigenvalue weighted by Crippen LogP contribution is -2.21. The number of nitrogens with zero attached hydrogens (tertiary/aromatic N) is 4. The first kappa shape index (κ1) is 18.1. The number of para-hydroxylation sites is 1. The van der Waals surface area contributed by atoms with Gasteiger partial charge in [0.1, 0.15) is 4.83 Å². The van der Waals surface area contributed by atoms with Gasteiger partial charge in [0.25, 0.3) is 5.56 Å². The van der Waals surface area contributed by atoms with Gasteiger partial charge in [-0.05, 0) is 50.3 Å². The van der Waals surface area contributed by atoms with E-state index in [1.165, 1.54) is 20.4 Å². The zero-order valence-electron chi connectivity index (χ0n) is 16.1. The van der Waals surface area contributed by atoms with Crippen molar-refractivity contribution in [1.82, 2.24) is 19.2 Å². The summed E-state index contributed by atoms with van der Waals surface area (Å²) in [5.74, 6) is -0.344. The molecule has 0 fully saturated rings. The van der Waals surface area contributed by atoms with Crippen molar-refractivity contribution >= 4 is 33.3 Å². The smallest absolute Gasteiger partial charge is 0.376 e. The molecule has 0 unspecified atom stereocenters. The highest BCUT2D eigenvalue weighted by Crippen LogP contribution is 2.33. The Morgan fingerprint density at radius 1 is 1.17 bits per heavy atom. The summed E-state index contributed by atoms with van der Waals surface area (Å²) in [5.41, 5.74) is 1.58. The molecule has 29 heavy (non-hydrogen) atoms. The molecule has 0 N–H and O–H groups in total. The third-order valence-electron chi connectivity index (χ3n) is 5.28. The number of benzene rings is 1. The number of hydrogen-bond donors (Lipinski definition) is 0. The monoisotopic (exact) mass is 408 g/mol. The molecular weight excluding hydrogens is 388 g/mol. The van der Waals surface area contributed by atoms with E-state index in [1.807, 2.05) is 30.3 Å². The molecule has 3 aromatic heterocycles. The first-order chi connectivity index (χ1) is 14.2. The first-order valence-electron chi connectivity index (χ1n) is 9.87. The van der Waals surface area contributed by atoms with Crippen molar-refractivity contribution in [3.05, 3.63) is 57.0 Å². The van der Waals surface area contributed by atoms with E-state index in [1.54, 1.807) is 18.3 Å². The molecule has 0 bridgehead atoms. The average Bonchev–Trinajstić information content (AvgIpc) is 3.20. The van der Waals surface area contributed by atoms with Gasteiger partial charge in [-0.3, -0.25) is 4.79 Å². The van der Waals surface area contributed by atoms with E-state index < -0.39 is 5.97 Å². The minimum absolute atomic E-state index is 0.0429. The van der Waals surface area contributed by atoms with E-state index in [-0.39, 0.29) is 18.0 Å². The standard InChI is InChI=1S/C21H20N4O3S/c1-2-28-20(27)17-23-25(13-9-5-3-6-10-13)21-22-18-16(19(26)24(17)21)14-11-7-4-8-12-15(14)29-18/h3,5-6,9-10H,2,4,7-8,11-12H2,1H3. The van der Waals surface area contributed by atoms with Crippen molar-refractivity contribution in [2.24, 2.45) is 0 Å². The van der Waals surface area contributed by atoms with Crippen molar-refractivity contribution in [3.63, 3.8) is 0 Å². The number of rotatable bonds is 3. The van der Waals surface area contributed by atoms with Gasteiger partial charge in [0.15, 0.2) is 0 Å². The third-order valence-corrected chi connectivity index (χ3v) is 6.46. The number of carbonyl (C=O) groups is 1. The molecule has 1 aromatic carbocycles. The highest BCUT2D eigenvalue weighted by Gasteiger charge is 2.26. The molecule has 0 amide bonds. The van der Waals surface area contributed by atoms with E-state index in [0.717, 1.165) is 41.8 Å². The lowest BCUT2D eigenvalue weighted by atomic mass is 10.1. The maximum atomic E-state index is 13.6. The molecule has 148 valence electrons. The minimum Gasteiger partial charge on any atom is -0.460 e. The van der Waals surface area contributed by atoms with Crippen molar-refractivity contribution in [1.29, 1.82) is 0 Å². The van der Waals surface area contributed by atoms with Gasteiger partial charge in [-0.1, -0.05) is 24.6 Å². The Labute approximate surface area is 170 Å². The molecule has 1 aliphatic carbocycles. The van der Waals surface area contributed by atoms with Gasteiger partial charge in [-0.25, -0.2) is 14.2 Å². The summed E-state index contributed by atoms with van der Waals surface area (Å²) in [7, 11) is 0. The van der Waals surface area contributed by atoms with E-state index in [0.29, 0.717) is 11.2 Å². The van der Waals surface area contributed by atoms with Gasteiger partial charge in [-0.2, -0.15) is 4.68 Å². The molecule has 8 heteroatoms. The van der Waals surface area contributed by atoms with Crippen LogP contribution in [-0.4, -0.2) is 31.7 Å². The fourth-order valence-corrected chi connectivity index (χ4v) is 5.21. The normalized spacial score (nSPS) is 14.1. The average molecular weight is 408 g/mol. The summed E-state index contributed by atoms with van der Waals surface area (Å²) in [4.78, 5) is 32.9. The predicted molar refractivity (Wildman–Crippen MR) is 111 cm³/mol. The summed E-state index contributed by atoms with van der Waals surface area (Å²) >= 11 is 1.59. The maximum absolute atomic E-state index is 13.6. The Morgan fingerprint density at radius 3 is 2.76 bits per heavy atom. The highest BCUT2D eigenvalue weighted by atomic mass is 32.1. The third kappa shape index (κ3) is 2.86. The number of thiophene rings is 1. The molecule has 3 heterocycles. The van der Waals surface area contributed by atoms with E-state index in [9.17, 15) is 9.59 Å². The molecule has 0 radical (unpaired) electrons. The SMILES string of the molecule is CCOC(=O)c1nn(-c2ccccc2)c2nc3sc4c(c3c(=O)n12)CCCCC4. The Kier molecular flexibility index (Phi) is 4.43. The lowest BCUT2D eigenvalue weighted by Gasteiger charge is -2.02. The number of aryl methyl sites for hydroxylation is 2. The fourth-order valence-electron chi connectivity index (χ4n) is 3.96. The van der Waals surface area contributed by atoms with Crippen LogP contribution in [0.2, 0.25) is 0 Å². The first-order valence-corrected chi connectivity index (χ1v) is 10.7. The molecular formula is C21H20N4O3S. The Bertz CT molecular complexity index is 1290. The Hall–Kier alpha value is -3.00. The summed E-state index contributed by atoms with van der Waals surface area (Å²) in [6.45, 7) is 1.93. The van der Waals surface area contributed by atoms with Crippen molar-refractivity contribution in [2.75, 3.05) is 6.61 Å². The molecule has 0 saturated heterocycles. The van der Waals surface area contributed by atoms with Crippen LogP contribution in [0.3, 0.4) is 0 Å². The topological polar surface area (TPSA) is 78.5 Å². The summed E-state index contributed by atoms with van der Waals surface area (Å²) in [6.07, 6.45) is 5.22. The summed E-state index contributed by atoms with van der Waals surface area (Å²) in [6, 6.07) is 9.38. The van der Waals surface area contributed by atoms with Crippen LogP contribution in [0, 0.1) is 0 Å². The van der Waals surface area contributed by atoms with E-state index in [4.69, 9.17) is 9.72 Å². The second kappa shape index (κ2) is 7.11. The van der Waals surface area contributed by atoms with Crippen LogP contribution in [-0.2, 0) is 17.6 Å². The zero-order chi connectivity index (χ0) is 20.0. The highest BCUT2D eigenvalue weighted by molar-refractivity contribution is 7.18. The zero-order valence-corrected chi connectivity index (χ0v) is 16.9. The van der Waals surface area contributed by atoms with Crippen molar-refractivity contribution in [2.45, 2.75) is 39.0 Å². The fraction of sp³-hybridized carbons (Fsp3) is 0.333. The molecule has 0 saturated carbocycles. The van der Waals surface area contributed by atoms with Crippen LogP contribution >= 0.6 is 11.3 Å². The second-order valence-electron chi connectivity index (χ2n) is 7.09. The van der Waals surface area contributed by atoms with Crippen LogP contribution in [0.4, 0.5) is 0 Å². The van der Waals surface area contributed by atoms with Gasteiger partial charge >= 0.3 is 5.97 Å². The lowest BCUT2D eigenvalue weighted by molar-refractivity contribution is 0.0509. The van der Waals surface area contributed by atoms with Crippen LogP contribution in [0.1, 0.15) is 47.2 Å². The number of ether oxygens (including phenoxy) is 1. The second-order valence-corrected chi connectivity index (χ2v) is 8.17. The summed E-state index contributed by atoms with van der Waals surface area (Å²) in [5, 5.41) is 5.05. The Balaban J connectivity index is 1.86. The van der Waals surface area contributed by atoms with Gasteiger partial charge in [0, 0.05) is 4.88 Å². The predicted octanol–water partition coefficient (Wildman–Crippen LogP) is 3.54. The molecule has 4 aromatic rings. The molecule has 0 spiro atoms. The van der Waals surface area contributed by atoms with E-state index >= 15 is 0 Å². The largest absolute Gasteiger partial charge is 0.460 e. The van der Waals surface area contributed by atoms with Gasteiger partial charge < -0.3 is 4.74 Å². The molecule has 1 aliphatic rings. The van der Waals surface area contributed by atoms with Crippen LogP contribution < -0.4 is 5.56 Å². The van der Waals surface area contributed by atoms with Crippen molar-refractivity contribution in [3.8, 4) is 5.69 Å². The number of hydrogen-bond acceptors (Lipinski definition) is 6. The number of carbonyl (C=O) groups excluding carboxylic acids is 1. The number of fused-ring (bicyclic) bond motifs is 4. The van der Waals surface area contributed by atoms with Crippen LogP contribution in [0.5, 0.6) is 0 Å². The number of esters is 1. The minimum atomic E-state index is -0.628. The quantitative estimate of drug-likeness (QED) is 0.383.